The Morgan fingerprint density at radius 1 is 1.47 bits per heavy atom. The van der Waals surface area contributed by atoms with Gasteiger partial charge in [0, 0.05) is 18.2 Å². The van der Waals surface area contributed by atoms with Gasteiger partial charge in [0.25, 0.3) is 5.91 Å². The fraction of sp³-hybridized carbons (Fsp3) is 0.429. The number of nitrogens with zero attached hydrogens (tertiary/aromatic N) is 2. The molecule has 3 nitrogen and oxygen atoms in total. The molecule has 88 valence electrons. The Balaban J connectivity index is 2.21. The number of carbonyl (C=O) groups excluding carboxylic acids is 1. The molecule has 1 saturated heterocycles. The van der Waals surface area contributed by atoms with Gasteiger partial charge in [0.15, 0.2) is 0 Å². The summed E-state index contributed by atoms with van der Waals surface area (Å²) in [6.07, 6.45) is 3.35. The molecule has 1 fully saturated rings. The molecule has 1 aromatic rings. The molecule has 1 amide bonds. The summed E-state index contributed by atoms with van der Waals surface area (Å²) in [4.78, 5) is 14.2. The average molecular weight is 228 g/mol. The molecule has 0 aromatic heterocycles. The van der Waals surface area contributed by atoms with Gasteiger partial charge in [-0.2, -0.15) is 5.26 Å². The number of likely N-dealkylation sites (tertiary alicyclic amines) is 1. The van der Waals surface area contributed by atoms with Crippen LogP contribution in [0.5, 0.6) is 0 Å². The molecule has 0 unspecified atom stereocenters. The number of piperidine rings is 1. The number of benzene rings is 1. The van der Waals surface area contributed by atoms with Crippen LogP contribution in [0.25, 0.3) is 0 Å². The van der Waals surface area contributed by atoms with Crippen molar-refractivity contribution in [3.63, 3.8) is 0 Å². The van der Waals surface area contributed by atoms with E-state index in [0.717, 1.165) is 19.4 Å². The second-order valence-corrected chi connectivity index (χ2v) is 4.54. The van der Waals surface area contributed by atoms with Gasteiger partial charge in [-0.1, -0.05) is 6.07 Å². The van der Waals surface area contributed by atoms with Crippen LogP contribution in [0.2, 0.25) is 0 Å². The summed E-state index contributed by atoms with van der Waals surface area (Å²) in [7, 11) is 0. The summed E-state index contributed by atoms with van der Waals surface area (Å²) in [5.74, 6) is 0.0503. The average Bonchev–Trinajstić information content (AvgIpc) is 2.38. The molecule has 0 N–H and O–H groups in total. The first-order valence-electron chi connectivity index (χ1n) is 6.03. The zero-order valence-electron chi connectivity index (χ0n) is 10.0. The smallest absolute Gasteiger partial charge is 0.254 e. The summed E-state index contributed by atoms with van der Waals surface area (Å²) in [6.45, 7) is 2.92. The molecule has 0 aliphatic carbocycles. The number of nitriles is 1. The maximum absolute atomic E-state index is 12.3. The van der Waals surface area contributed by atoms with E-state index in [2.05, 4.69) is 13.0 Å². The lowest BCUT2D eigenvalue weighted by atomic mass is 10.0. The van der Waals surface area contributed by atoms with Gasteiger partial charge >= 0.3 is 0 Å². The quantitative estimate of drug-likeness (QED) is 0.741. The first-order chi connectivity index (χ1) is 8.22. The number of amides is 1. The Bertz CT molecular complexity index is 462. The normalized spacial score (nSPS) is 19.8. The second-order valence-electron chi connectivity index (χ2n) is 4.54. The van der Waals surface area contributed by atoms with Gasteiger partial charge in [-0.25, -0.2) is 0 Å². The van der Waals surface area contributed by atoms with Crippen LogP contribution in [-0.4, -0.2) is 23.4 Å². The van der Waals surface area contributed by atoms with Crippen molar-refractivity contribution < 1.29 is 4.79 Å². The van der Waals surface area contributed by atoms with E-state index >= 15 is 0 Å². The number of rotatable bonds is 1. The maximum atomic E-state index is 12.3. The maximum Gasteiger partial charge on any atom is 0.254 e. The van der Waals surface area contributed by atoms with E-state index in [1.54, 1.807) is 24.3 Å². The van der Waals surface area contributed by atoms with Gasteiger partial charge in [-0.05, 0) is 44.4 Å². The molecule has 1 aliphatic heterocycles. The predicted molar refractivity (Wildman–Crippen MR) is 65.5 cm³/mol. The van der Waals surface area contributed by atoms with Crippen LogP contribution in [0.15, 0.2) is 24.3 Å². The predicted octanol–water partition coefficient (Wildman–Crippen LogP) is 2.57. The van der Waals surface area contributed by atoms with Crippen molar-refractivity contribution in [2.45, 2.75) is 32.2 Å². The van der Waals surface area contributed by atoms with E-state index < -0.39 is 0 Å². The topological polar surface area (TPSA) is 44.1 Å². The third-order valence-corrected chi connectivity index (χ3v) is 3.30. The fourth-order valence-electron chi connectivity index (χ4n) is 2.29. The second kappa shape index (κ2) is 5.01. The standard InChI is InChI=1S/C14H16N2O/c1-11-5-2-3-8-16(11)14(17)13-7-4-6-12(9-13)10-15/h4,6-7,9,11H,2-3,5,8H2,1H3/t11-/m0/s1. The highest BCUT2D eigenvalue weighted by Crippen LogP contribution is 2.19. The molecule has 1 aromatic carbocycles. The molecule has 2 rings (SSSR count). The van der Waals surface area contributed by atoms with Crippen molar-refractivity contribution >= 4 is 5.91 Å². The van der Waals surface area contributed by atoms with Gasteiger partial charge in [-0.15, -0.1) is 0 Å². The van der Waals surface area contributed by atoms with Crippen LogP contribution in [0.1, 0.15) is 42.1 Å². The van der Waals surface area contributed by atoms with Crippen molar-refractivity contribution in [2.75, 3.05) is 6.54 Å². The van der Waals surface area contributed by atoms with Crippen molar-refractivity contribution in [3.8, 4) is 6.07 Å². The van der Waals surface area contributed by atoms with E-state index in [1.165, 1.54) is 6.42 Å². The van der Waals surface area contributed by atoms with Crippen LogP contribution in [0.3, 0.4) is 0 Å². The highest BCUT2D eigenvalue weighted by molar-refractivity contribution is 5.94. The zero-order valence-corrected chi connectivity index (χ0v) is 10.0. The Morgan fingerprint density at radius 2 is 2.29 bits per heavy atom. The summed E-state index contributed by atoms with van der Waals surface area (Å²) in [6, 6.07) is 9.31. The van der Waals surface area contributed by atoms with E-state index in [9.17, 15) is 4.79 Å². The summed E-state index contributed by atoms with van der Waals surface area (Å²) in [5.41, 5.74) is 1.17. The molecule has 1 aliphatic rings. The molecule has 1 heterocycles. The highest BCUT2D eigenvalue weighted by Gasteiger charge is 2.24. The molecule has 0 saturated carbocycles. The van der Waals surface area contributed by atoms with Crippen molar-refractivity contribution in [2.24, 2.45) is 0 Å². The molecule has 0 bridgehead atoms. The molecular formula is C14H16N2O. The van der Waals surface area contributed by atoms with Crippen LogP contribution >= 0.6 is 0 Å². The Kier molecular flexibility index (Phi) is 3.43. The lowest BCUT2D eigenvalue weighted by Gasteiger charge is -2.33. The Hall–Kier alpha value is -1.82. The van der Waals surface area contributed by atoms with E-state index in [-0.39, 0.29) is 5.91 Å². The SMILES string of the molecule is C[C@H]1CCCCN1C(=O)c1cccc(C#N)c1. The fourth-order valence-corrected chi connectivity index (χ4v) is 2.29. The molecule has 3 heteroatoms. The first-order valence-corrected chi connectivity index (χ1v) is 6.03. The third kappa shape index (κ3) is 2.47. The van der Waals surface area contributed by atoms with E-state index in [1.807, 2.05) is 4.90 Å². The van der Waals surface area contributed by atoms with Crippen molar-refractivity contribution in [1.29, 1.82) is 5.26 Å². The minimum absolute atomic E-state index is 0.0503. The van der Waals surface area contributed by atoms with E-state index in [4.69, 9.17) is 5.26 Å². The molecule has 17 heavy (non-hydrogen) atoms. The number of hydrogen-bond acceptors (Lipinski definition) is 2. The van der Waals surface area contributed by atoms with Gasteiger partial charge < -0.3 is 4.90 Å². The van der Waals surface area contributed by atoms with E-state index in [0.29, 0.717) is 17.2 Å². The molecule has 1 atom stereocenters. The Labute approximate surface area is 102 Å². The highest BCUT2D eigenvalue weighted by atomic mass is 16.2. The first kappa shape index (κ1) is 11.7. The molecule has 0 spiro atoms. The largest absolute Gasteiger partial charge is 0.336 e. The number of hydrogen-bond donors (Lipinski definition) is 0. The summed E-state index contributed by atoms with van der Waals surface area (Å²) < 4.78 is 0. The van der Waals surface area contributed by atoms with Gasteiger partial charge in [0.05, 0.1) is 11.6 Å². The molecule has 0 radical (unpaired) electrons. The van der Waals surface area contributed by atoms with Crippen LogP contribution in [-0.2, 0) is 0 Å². The summed E-state index contributed by atoms with van der Waals surface area (Å²) >= 11 is 0. The van der Waals surface area contributed by atoms with Gasteiger partial charge in [0.1, 0.15) is 0 Å². The monoisotopic (exact) mass is 228 g/mol. The minimum Gasteiger partial charge on any atom is -0.336 e. The summed E-state index contributed by atoms with van der Waals surface area (Å²) in [5, 5.41) is 8.83. The van der Waals surface area contributed by atoms with Crippen LogP contribution in [0.4, 0.5) is 0 Å². The number of carbonyl (C=O) groups is 1. The minimum atomic E-state index is 0.0503. The lowest BCUT2D eigenvalue weighted by Crippen LogP contribution is -2.42. The van der Waals surface area contributed by atoms with Crippen LogP contribution in [0, 0.1) is 11.3 Å². The zero-order chi connectivity index (χ0) is 12.3. The molecular weight excluding hydrogens is 212 g/mol. The van der Waals surface area contributed by atoms with Crippen molar-refractivity contribution in [1.82, 2.24) is 4.90 Å². The van der Waals surface area contributed by atoms with Gasteiger partial charge in [0.2, 0.25) is 0 Å². The lowest BCUT2D eigenvalue weighted by molar-refractivity contribution is 0.0635. The van der Waals surface area contributed by atoms with Gasteiger partial charge in [-0.3, -0.25) is 4.79 Å². The Morgan fingerprint density at radius 3 is 3.00 bits per heavy atom. The van der Waals surface area contributed by atoms with Crippen molar-refractivity contribution in [3.05, 3.63) is 35.4 Å². The van der Waals surface area contributed by atoms with Crippen LogP contribution < -0.4 is 0 Å². The third-order valence-electron chi connectivity index (χ3n) is 3.30.